The van der Waals surface area contributed by atoms with Crippen molar-refractivity contribution >= 4 is 10.0 Å². The standard InChI is InChI=1S/C7H18N2O3S/c1-3-13(10,11)9(5-4-8)6-7-12-2/h3-8H2,1-2H3. The lowest BCUT2D eigenvalue weighted by atomic mass is 10.6. The van der Waals surface area contributed by atoms with Gasteiger partial charge >= 0.3 is 0 Å². The fraction of sp³-hybridized carbons (Fsp3) is 1.00. The number of methoxy groups -OCH3 is 1. The summed E-state index contributed by atoms with van der Waals surface area (Å²) in [5.74, 6) is 0.108. The third-order valence-electron chi connectivity index (χ3n) is 1.68. The first-order valence-corrected chi connectivity index (χ1v) is 5.86. The van der Waals surface area contributed by atoms with Gasteiger partial charge in [-0.3, -0.25) is 0 Å². The number of ether oxygens (including phenoxy) is 1. The van der Waals surface area contributed by atoms with Crippen LogP contribution in [0, 0.1) is 0 Å². The summed E-state index contributed by atoms with van der Waals surface area (Å²) in [6.07, 6.45) is 0. The average Bonchev–Trinajstić information content (AvgIpc) is 2.12. The summed E-state index contributed by atoms with van der Waals surface area (Å²) < 4.78 is 29.0. The van der Waals surface area contributed by atoms with Crippen LogP contribution in [0.1, 0.15) is 6.92 Å². The predicted molar refractivity (Wildman–Crippen MR) is 52.0 cm³/mol. The lowest BCUT2D eigenvalue weighted by Crippen LogP contribution is -2.38. The summed E-state index contributed by atoms with van der Waals surface area (Å²) in [6.45, 7) is 3.09. The van der Waals surface area contributed by atoms with Gasteiger partial charge in [0, 0.05) is 26.7 Å². The second-order valence-electron chi connectivity index (χ2n) is 2.58. The minimum absolute atomic E-state index is 0.108. The van der Waals surface area contributed by atoms with Crippen LogP contribution in [0.5, 0.6) is 0 Å². The first kappa shape index (κ1) is 12.8. The normalized spacial score (nSPS) is 12.3. The van der Waals surface area contributed by atoms with Crippen LogP contribution in [0.4, 0.5) is 0 Å². The van der Waals surface area contributed by atoms with Crippen molar-refractivity contribution in [3.8, 4) is 0 Å². The van der Waals surface area contributed by atoms with Crippen molar-refractivity contribution < 1.29 is 13.2 Å². The van der Waals surface area contributed by atoms with E-state index in [4.69, 9.17) is 10.5 Å². The molecule has 13 heavy (non-hydrogen) atoms. The Labute approximate surface area is 79.9 Å². The van der Waals surface area contributed by atoms with E-state index in [0.29, 0.717) is 26.2 Å². The summed E-state index contributed by atoms with van der Waals surface area (Å²) >= 11 is 0. The fourth-order valence-electron chi connectivity index (χ4n) is 0.910. The molecule has 0 bridgehead atoms. The van der Waals surface area contributed by atoms with Crippen LogP contribution in [0.25, 0.3) is 0 Å². The zero-order chi connectivity index (χ0) is 10.3. The molecular weight excluding hydrogens is 192 g/mol. The summed E-state index contributed by atoms with van der Waals surface area (Å²) in [7, 11) is -1.58. The lowest BCUT2D eigenvalue weighted by molar-refractivity contribution is 0.180. The van der Waals surface area contributed by atoms with E-state index in [1.54, 1.807) is 14.0 Å². The molecule has 0 atom stereocenters. The molecule has 0 saturated carbocycles. The number of hydrogen-bond donors (Lipinski definition) is 1. The quantitative estimate of drug-likeness (QED) is 0.599. The van der Waals surface area contributed by atoms with Crippen LogP contribution in [-0.2, 0) is 14.8 Å². The zero-order valence-electron chi connectivity index (χ0n) is 8.19. The zero-order valence-corrected chi connectivity index (χ0v) is 9.01. The van der Waals surface area contributed by atoms with Crippen LogP contribution in [0.3, 0.4) is 0 Å². The van der Waals surface area contributed by atoms with E-state index in [2.05, 4.69) is 0 Å². The number of nitrogens with zero attached hydrogens (tertiary/aromatic N) is 1. The maximum Gasteiger partial charge on any atom is 0.213 e. The maximum atomic E-state index is 11.4. The molecule has 0 saturated heterocycles. The fourth-order valence-corrected chi connectivity index (χ4v) is 2.01. The van der Waals surface area contributed by atoms with Crippen LogP contribution in [0.15, 0.2) is 0 Å². The van der Waals surface area contributed by atoms with Crippen LogP contribution in [-0.4, -0.2) is 51.8 Å². The molecule has 0 aromatic heterocycles. The highest BCUT2D eigenvalue weighted by atomic mass is 32.2. The summed E-state index contributed by atoms with van der Waals surface area (Å²) in [6, 6.07) is 0. The second kappa shape index (κ2) is 6.31. The third kappa shape index (κ3) is 4.56. The number of sulfonamides is 1. The van der Waals surface area contributed by atoms with E-state index in [-0.39, 0.29) is 5.75 Å². The van der Waals surface area contributed by atoms with E-state index in [0.717, 1.165) is 0 Å². The van der Waals surface area contributed by atoms with Crippen molar-refractivity contribution in [2.75, 3.05) is 39.1 Å². The van der Waals surface area contributed by atoms with Crippen molar-refractivity contribution in [3.05, 3.63) is 0 Å². The van der Waals surface area contributed by atoms with Gasteiger partial charge in [-0.15, -0.1) is 0 Å². The highest BCUT2D eigenvalue weighted by Gasteiger charge is 2.17. The molecule has 0 aliphatic carbocycles. The molecule has 2 N–H and O–H groups in total. The van der Waals surface area contributed by atoms with Gasteiger partial charge in [0.05, 0.1) is 12.4 Å². The first-order chi connectivity index (χ1) is 6.08. The first-order valence-electron chi connectivity index (χ1n) is 4.25. The molecule has 0 aromatic carbocycles. The van der Waals surface area contributed by atoms with Crippen molar-refractivity contribution in [1.82, 2.24) is 4.31 Å². The molecule has 5 nitrogen and oxygen atoms in total. The van der Waals surface area contributed by atoms with Gasteiger partial charge in [0.1, 0.15) is 0 Å². The van der Waals surface area contributed by atoms with Gasteiger partial charge in [0.25, 0.3) is 0 Å². The SMILES string of the molecule is CCS(=O)(=O)N(CCN)CCOC. The highest BCUT2D eigenvalue weighted by Crippen LogP contribution is 1.99. The highest BCUT2D eigenvalue weighted by molar-refractivity contribution is 7.89. The van der Waals surface area contributed by atoms with E-state index >= 15 is 0 Å². The molecule has 0 heterocycles. The Balaban J connectivity index is 4.23. The Kier molecular flexibility index (Phi) is 6.23. The Morgan fingerprint density at radius 1 is 1.38 bits per heavy atom. The molecule has 0 amide bonds. The van der Waals surface area contributed by atoms with Crippen LogP contribution in [0.2, 0.25) is 0 Å². The Bertz CT molecular complexity index is 216. The van der Waals surface area contributed by atoms with E-state index in [1.807, 2.05) is 0 Å². The molecular formula is C7H18N2O3S. The number of rotatable bonds is 7. The molecule has 0 unspecified atom stereocenters. The topological polar surface area (TPSA) is 72.6 Å². The van der Waals surface area contributed by atoms with Crippen molar-refractivity contribution in [2.24, 2.45) is 5.73 Å². The van der Waals surface area contributed by atoms with Gasteiger partial charge in [-0.1, -0.05) is 0 Å². The van der Waals surface area contributed by atoms with Gasteiger partial charge in [-0.05, 0) is 6.92 Å². The van der Waals surface area contributed by atoms with Gasteiger partial charge in [0.2, 0.25) is 10.0 Å². The average molecular weight is 210 g/mol. The monoisotopic (exact) mass is 210 g/mol. The van der Waals surface area contributed by atoms with Crippen molar-refractivity contribution in [2.45, 2.75) is 6.92 Å². The maximum absolute atomic E-state index is 11.4. The smallest absolute Gasteiger partial charge is 0.213 e. The summed E-state index contributed by atoms with van der Waals surface area (Å²) in [5, 5.41) is 0. The predicted octanol–water partition coefficient (Wildman–Crippen LogP) is -0.757. The molecule has 0 aliphatic rings. The van der Waals surface area contributed by atoms with Gasteiger partial charge < -0.3 is 10.5 Å². The van der Waals surface area contributed by atoms with Crippen LogP contribution < -0.4 is 5.73 Å². The second-order valence-corrected chi connectivity index (χ2v) is 4.84. The molecule has 6 heteroatoms. The van der Waals surface area contributed by atoms with Crippen LogP contribution >= 0.6 is 0 Å². The minimum Gasteiger partial charge on any atom is -0.383 e. The molecule has 0 fully saturated rings. The third-order valence-corrected chi connectivity index (χ3v) is 3.56. The van der Waals surface area contributed by atoms with E-state index < -0.39 is 10.0 Å². The molecule has 0 rings (SSSR count). The van der Waals surface area contributed by atoms with E-state index in [1.165, 1.54) is 4.31 Å². The lowest BCUT2D eigenvalue weighted by Gasteiger charge is -2.19. The van der Waals surface area contributed by atoms with Gasteiger partial charge in [0.15, 0.2) is 0 Å². The molecule has 0 aliphatic heterocycles. The number of hydrogen-bond acceptors (Lipinski definition) is 4. The summed E-state index contributed by atoms with van der Waals surface area (Å²) in [5.41, 5.74) is 5.31. The summed E-state index contributed by atoms with van der Waals surface area (Å²) in [4.78, 5) is 0. The Hall–Kier alpha value is -0.170. The molecule has 80 valence electrons. The molecule has 0 radical (unpaired) electrons. The molecule has 0 aromatic rings. The van der Waals surface area contributed by atoms with Crippen molar-refractivity contribution in [3.63, 3.8) is 0 Å². The van der Waals surface area contributed by atoms with Gasteiger partial charge in [-0.25, -0.2) is 8.42 Å². The number of nitrogens with two attached hydrogens (primary N) is 1. The Morgan fingerprint density at radius 2 is 2.00 bits per heavy atom. The Morgan fingerprint density at radius 3 is 2.38 bits per heavy atom. The van der Waals surface area contributed by atoms with E-state index in [9.17, 15) is 8.42 Å². The minimum atomic E-state index is -3.12. The van der Waals surface area contributed by atoms with Crippen molar-refractivity contribution in [1.29, 1.82) is 0 Å². The molecule has 0 spiro atoms. The van der Waals surface area contributed by atoms with Gasteiger partial charge in [-0.2, -0.15) is 4.31 Å². The largest absolute Gasteiger partial charge is 0.383 e.